The number of aromatic nitrogens is 1. The van der Waals surface area contributed by atoms with E-state index >= 15 is 0 Å². The van der Waals surface area contributed by atoms with Crippen molar-refractivity contribution < 1.29 is 9.53 Å². The fraction of sp³-hybridized carbons (Fsp3) is 0.176. The van der Waals surface area contributed by atoms with Crippen LogP contribution < -0.4 is 15.4 Å². The van der Waals surface area contributed by atoms with E-state index in [2.05, 4.69) is 27.8 Å². The Morgan fingerprint density at radius 1 is 1.21 bits per heavy atom. The van der Waals surface area contributed by atoms with Gasteiger partial charge in [-0.15, -0.1) is 0 Å². The fourth-order valence-corrected chi connectivity index (χ4v) is 3.66. The molecule has 0 unspecified atom stereocenters. The molecule has 3 aromatic rings. The largest absolute Gasteiger partial charge is 0.495 e. The van der Waals surface area contributed by atoms with Gasteiger partial charge in [-0.1, -0.05) is 29.0 Å². The molecule has 2 amide bonds. The molecule has 2 N–H and O–H groups in total. The quantitative estimate of drug-likeness (QED) is 0.672. The number of urea groups is 1. The molecule has 0 fully saturated rings. The minimum atomic E-state index is -0.399. The van der Waals surface area contributed by atoms with Crippen LogP contribution in [-0.4, -0.2) is 18.1 Å². The van der Waals surface area contributed by atoms with Crippen molar-refractivity contribution in [3.05, 3.63) is 46.5 Å². The van der Waals surface area contributed by atoms with Gasteiger partial charge in [0.25, 0.3) is 0 Å². The second-order valence-electron chi connectivity index (χ2n) is 5.37. The van der Waals surface area contributed by atoms with Gasteiger partial charge in [-0.3, -0.25) is 5.32 Å². The Morgan fingerprint density at radius 3 is 2.75 bits per heavy atom. The highest BCUT2D eigenvalue weighted by Crippen LogP contribution is 2.30. The summed E-state index contributed by atoms with van der Waals surface area (Å²) in [6, 6.07) is 8.76. The number of nitrogens with one attached hydrogen (secondary N) is 2. The van der Waals surface area contributed by atoms with Crippen LogP contribution in [0.5, 0.6) is 5.75 Å². The molecular weight excluding hydrogens is 346 g/mol. The number of carbonyl (C=O) groups excluding carboxylic acids is 1. The highest BCUT2D eigenvalue weighted by molar-refractivity contribution is 7.22. The number of carbonyl (C=O) groups is 1. The fourth-order valence-electron chi connectivity index (χ4n) is 2.45. The highest BCUT2D eigenvalue weighted by atomic mass is 35.5. The molecule has 0 radical (unpaired) electrons. The molecular formula is C17H16ClN3O2S. The van der Waals surface area contributed by atoms with E-state index in [1.807, 2.05) is 13.8 Å². The molecule has 24 heavy (non-hydrogen) atoms. The Balaban J connectivity index is 1.80. The summed E-state index contributed by atoms with van der Waals surface area (Å²) < 4.78 is 6.26. The Hall–Kier alpha value is -2.31. The van der Waals surface area contributed by atoms with Crippen molar-refractivity contribution in [2.24, 2.45) is 0 Å². The van der Waals surface area contributed by atoms with Crippen LogP contribution >= 0.6 is 22.9 Å². The molecule has 124 valence electrons. The van der Waals surface area contributed by atoms with Gasteiger partial charge in [0.05, 0.1) is 23.0 Å². The Bertz CT molecular complexity index is 924. The van der Waals surface area contributed by atoms with E-state index in [1.165, 1.54) is 24.0 Å². The second-order valence-corrected chi connectivity index (χ2v) is 6.84. The number of anilines is 2. The van der Waals surface area contributed by atoms with Gasteiger partial charge in [-0.2, -0.15) is 0 Å². The lowest BCUT2D eigenvalue weighted by molar-refractivity contribution is 0.262. The first kappa shape index (κ1) is 16.5. The third kappa shape index (κ3) is 3.44. The average Bonchev–Trinajstić information content (AvgIpc) is 2.90. The van der Waals surface area contributed by atoms with Gasteiger partial charge in [-0.25, -0.2) is 9.78 Å². The van der Waals surface area contributed by atoms with Crippen molar-refractivity contribution in [3.8, 4) is 5.75 Å². The van der Waals surface area contributed by atoms with Crippen LogP contribution in [0.4, 0.5) is 15.6 Å². The van der Waals surface area contributed by atoms with Crippen molar-refractivity contribution in [2.45, 2.75) is 13.8 Å². The number of ether oxygens (including phenoxy) is 1. The van der Waals surface area contributed by atoms with Crippen molar-refractivity contribution in [2.75, 3.05) is 17.7 Å². The summed E-state index contributed by atoms with van der Waals surface area (Å²) in [7, 11) is 1.53. The van der Waals surface area contributed by atoms with Gasteiger partial charge >= 0.3 is 6.03 Å². The number of rotatable bonds is 3. The van der Waals surface area contributed by atoms with Gasteiger partial charge in [0.2, 0.25) is 0 Å². The molecule has 3 rings (SSSR count). The molecule has 1 aromatic heterocycles. The SMILES string of the molecule is COc1ccc(Cl)cc1NC(=O)Nc1nc2c(C)cc(C)cc2s1. The highest BCUT2D eigenvalue weighted by Gasteiger charge is 2.12. The first-order valence-corrected chi connectivity index (χ1v) is 8.45. The molecule has 2 aromatic carbocycles. The van der Waals surface area contributed by atoms with Crippen LogP contribution in [0.15, 0.2) is 30.3 Å². The minimum Gasteiger partial charge on any atom is -0.495 e. The molecule has 0 atom stereocenters. The third-order valence-electron chi connectivity index (χ3n) is 3.46. The van der Waals surface area contributed by atoms with Crippen LogP contribution in [0.3, 0.4) is 0 Å². The monoisotopic (exact) mass is 361 g/mol. The molecule has 0 aliphatic rings. The molecule has 0 bridgehead atoms. The maximum absolute atomic E-state index is 12.2. The smallest absolute Gasteiger partial charge is 0.325 e. The topological polar surface area (TPSA) is 63.2 Å². The third-order valence-corrected chi connectivity index (χ3v) is 4.61. The first-order chi connectivity index (χ1) is 11.5. The molecule has 0 spiro atoms. The molecule has 0 saturated heterocycles. The van der Waals surface area contributed by atoms with Gasteiger partial charge in [0, 0.05) is 5.02 Å². The molecule has 0 saturated carbocycles. The van der Waals surface area contributed by atoms with E-state index < -0.39 is 6.03 Å². The number of fused-ring (bicyclic) bond motifs is 1. The normalized spacial score (nSPS) is 10.7. The van der Waals surface area contributed by atoms with Crippen LogP contribution in [0.25, 0.3) is 10.2 Å². The summed E-state index contributed by atoms with van der Waals surface area (Å²) >= 11 is 7.40. The average molecular weight is 362 g/mol. The van der Waals surface area contributed by atoms with Crippen molar-refractivity contribution in [3.63, 3.8) is 0 Å². The van der Waals surface area contributed by atoms with E-state index in [0.29, 0.717) is 21.6 Å². The lowest BCUT2D eigenvalue weighted by Crippen LogP contribution is -2.19. The zero-order valence-corrected chi connectivity index (χ0v) is 15.0. The molecule has 1 heterocycles. The van der Waals surface area contributed by atoms with E-state index in [0.717, 1.165) is 15.8 Å². The van der Waals surface area contributed by atoms with Crippen LogP contribution in [-0.2, 0) is 0 Å². The zero-order chi connectivity index (χ0) is 17.3. The lowest BCUT2D eigenvalue weighted by Gasteiger charge is -2.10. The Morgan fingerprint density at radius 2 is 2.00 bits per heavy atom. The standard InChI is InChI=1S/C17H16ClN3O2S/c1-9-6-10(2)15-14(7-9)24-17(20-15)21-16(22)19-12-8-11(18)4-5-13(12)23-3/h4-8H,1-3H3,(H2,19,20,21,22). The predicted octanol–water partition coefficient (Wildman–Crippen LogP) is 5.22. The van der Waals surface area contributed by atoms with Gasteiger partial charge in [0.1, 0.15) is 5.75 Å². The van der Waals surface area contributed by atoms with E-state index in [-0.39, 0.29) is 0 Å². The summed E-state index contributed by atoms with van der Waals surface area (Å²) in [4.78, 5) is 16.7. The lowest BCUT2D eigenvalue weighted by atomic mass is 10.1. The summed E-state index contributed by atoms with van der Waals surface area (Å²) in [5, 5.41) is 6.53. The maximum atomic E-state index is 12.2. The number of halogens is 1. The summed E-state index contributed by atoms with van der Waals surface area (Å²) in [5.74, 6) is 0.533. The van der Waals surface area contributed by atoms with Crippen molar-refractivity contribution in [1.82, 2.24) is 4.98 Å². The molecule has 7 heteroatoms. The predicted molar refractivity (Wildman–Crippen MR) is 99.7 cm³/mol. The van der Waals surface area contributed by atoms with E-state index in [9.17, 15) is 4.79 Å². The van der Waals surface area contributed by atoms with Crippen LogP contribution in [0.1, 0.15) is 11.1 Å². The first-order valence-electron chi connectivity index (χ1n) is 7.25. The number of thiazole rings is 1. The van der Waals surface area contributed by atoms with E-state index in [1.54, 1.807) is 18.2 Å². The second kappa shape index (κ2) is 6.67. The zero-order valence-electron chi connectivity index (χ0n) is 13.4. The summed E-state index contributed by atoms with van der Waals surface area (Å²) in [5.41, 5.74) is 3.66. The number of benzene rings is 2. The number of hydrogen-bond acceptors (Lipinski definition) is 4. The number of nitrogens with zero attached hydrogens (tertiary/aromatic N) is 1. The minimum absolute atomic E-state index is 0.399. The molecule has 0 aliphatic carbocycles. The molecule has 0 aliphatic heterocycles. The Labute approximate surface area is 148 Å². The van der Waals surface area contributed by atoms with Crippen molar-refractivity contribution >= 4 is 50.0 Å². The van der Waals surface area contributed by atoms with Crippen molar-refractivity contribution in [1.29, 1.82) is 0 Å². The van der Waals surface area contributed by atoms with Gasteiger partial charge < -0.3 is 10.1 Å². The number of aryl methyl sites for hydroxylation is 2. The van der Waals surface area contributed by atoms with Gasteiger partial charge in [-0.05, 0) is 49.2 Å². The summed E-state index contributed by atoms with van der Waals surface area (Å²) in [6.07, 6.45) is 0. The number of amides is 2. The Kier molecular flexibility index (Phi) is 4.59. The number of hydrogen-bond donors (Lipinski definition) is 2. The van der Waals surface area contributed by atoms with Crippen LogP contribution in [0, 0.1) is 13.8 Å². The molecule has 5 nitrogen and oxygen atoms in total. The van der Waals surface area contributed by atoms with Crippen LogP contribution in [0.2, 0.25) is 5.02 Å². The maximum Gasteiger partial charge on any atom is 0.325 e. The summed E-state index contributed by atoms with van der Waals surface area (Å²) in [6.45, 7) is 4.05. The van der Waals surface area contributed by atoms with E-state index in [4.69, 9.17) is 16.3 Å². The number of methoxy groups -OCH3 is 1. The van der Waals surface area contributed by atoms with Gasteiger partial charge in [0.15, 0.2) is 5.13 Å².